The van der Waals surface area contributed by atoms with Crippen LogP contribution in [0.1, 0.15) is 42.9 Å². The molecule has 1 N–H and O–H groups in total. The third-order valence-corrected chi connectivity index (χ3v) is 6.19. The first-order valence-corrected chi connectivity index (χ1v) is 11.0. The minimum absolute atomic E-state index is 0.0805. The minimum Gasteiger partial charge on any atom is -0.497 e. The van der Waals surface area contributed by atoms with Gasteiger partial charge in [0.1, 0.15) is 5.75 Å². The number of aryl methyl sites for hydroxylation is 1. The summed E-state index contributed by atoms with van der Waals surface area (Å²) >= 11 is 0. The number of rotatable bonds is 7. The number of aromatic nitrogens is 3. The second-order valence-corrected chi connectivity index (χ2v) is 8.38. The third-order valence-electron chi connectivity index (χ3n) is 6.19. The van der Waals surface area contributed by atoms with Gasteiger partial charge in [0.15, 0.2) is 0 Å². The molecule has 2 heterocycles. The van der Waals surface area contributed by atoms with Crippen LogP contribution in [-0.2, 0) is 18.3 Å². The van der Waals surface area contributed by atoms with Crippen molar-refractivity contribution in [1.29, 1.82) is 0 Å². The van der Waals surface area contributed by atoms with Crippen LogP contribution in [0.4, 0.5) is 0 Å². The zero-order valence-electron chi connectivity index (χ0n) is 18.3. The van der Waals surface area contributed by atoms with Gasteiger partial charge in [-0.05, 0) is 67.0 Å². The Labute approximate surface area is 183 Å². The van der Waals surface area contributed by atoms with Crippen molar-refractivity contribution in [3.05, 3.63) is 66.2 Å². The summed E-state index contributed by atoms with van der Waals surface area (Å²) in [6.07, 6.45) is 10.6. The maximum Gasteiger partial charge on any atom is 0.224 e. The summed E-state index contributed by atoms with van der Waals surface area (Å²) in [5.74, 6) is 1.89. The van der Waals surface area contributed by atoms with Crippen LogP contribution in [0.25, 0.3) is 11.1 Å². The molecule has 0 radical (unpaired) electrons. The summed E-state index contributed by atoms with van der Waals surface area (Å²) in [6.45, 7) is 0.751. The van der Waals surface area contributed by atoms with E-state index in [4.69, 9.17) is 9.84 Å². The zero-order chi connectivity index (χ0) is 21.6. The van der Waals surface area contributed by atoms with E-state index >= 15 is 0 Å². The van der Waals surface area contributed by atoms with E-state index in [2.05, 4.69) is 16.5 Å². The highest BCUT2D eigenvalue weighted by molar-refractivity contribution is 5.78. The van der Waals surface area contributed by atoms with E-state index in [1.807, 2.05) is 60.5 Å². The molecule has 0 unspecified atom stereocenters. The van der Waals surface area contributed by atoms with Crippen LogP contribution in [0.2, 0.25) is 0 Å². The largest absolute Gasteiger partial charge is 0.497 e. The predicted molar refractivity (Wildman–Crippen MR) is 121 cm³/mol. The Morgan fingerprint density at radius 3 is 2.48 bits per heavy atom. The molecule has 1 aromatic carbocycles. The summed E-state index contributed by atoms with van der Waals surface area (Å²) in [5, 5.41) is 7.92. The van der Waals surface area contributed by atoms with E-state index in [-0.39, 0.29) is 5.91 Å². The highest BCUT2D eigenvalue weighted by atomic mass is 16.5. The van der Waals surface area contributed by atoms with Crippen LogP contribution in [0.3, 0.4) is 0 Å². The van der Waals surface area contributed by atoms with Crippen molar-refractivity contribution >= 4 is 5.91 Å². The molecule has 2 aromatic heterocycles. The second-order valence-electron chi connectivity index (χ2n) is 8.38. The fraction of sp³-hybridized carbons (Fsp3) is 0.400. The number of pyridine rings is 1. The van der Waals surface area contributed by atoms with Crippen LogP contribution in [0, 0.1) is 5.92 Å². The molecule has 1 saturated carbocycles. The van der Waals surface area contributed by atoms with Gasteiger partial charge in [0.2, 0.25) is 5.91 Å². The van der Waals surface area contributed by atoms with Gasteiger partial charge in [-0.2, -0.15) is 5.10 Å². The quantitative estimate of drug-likeness (QED) is 0.627. The maximum absolute atomic E-state index is 12.3. The first kappa shape index (κ1) is 21.1. The van der Waals surface area contributed by atoms with Crippen molar-refractivity contribution < 1.29 is 9.53 Å². The molecule has 6 nitrogen and oxygen atoms in total. The number of benzene rings is 1. The molecule has 0 aliphatic heterocycles. The van der Waals surface area contributed by atoms with Crippen molar-refractivity contribution in [2.75, 3.05) is 13.7 Å². The second kappa shape index (κ2) is 9.77. The molecule has 31 heavy (non-hydrogen) atoms. The van der Waals surface area contributed by atoms with Gasteiger partial charge in [0.05, 0.1) is 19.2 Å². The van der Waals surface area contributed by atoms with Gasteiger partial charge in [0.25, 0.3) is 0 Å². The lowest BCUT2D eigenvalue weighted by molar-refractivity contribution is -0.120. The number of ether oxygens (including phenoxy) is 1. The lowest BCUT2D eigenvalue weighted by atomic mass is 9.79. The first-order chi connectivity index (χ1) is 15.1. The molecular weight excluding hydrogens is 388 g/mol. The molecular formula is C25H30N4O2. The van der Waals surface area contributed by atoms with Gasteiger partial charge in [-0.15, -0.1) is 0 Å². The Morgan fingerprint density at radius 1 is 1.10 bits per heavy atom. The van der Waals surface area contributed by atoms with E-state index in [1.165, 1.54) is 16.8 Å². The van der Waals surface area contributed by atoms with Gasteiger partial charge in [0, 0.05) is 43.7 Å². The highest BCUT2D eigenvalue weighted by Crippen LogP contribution is 2.39. The standard InChI is InChI=1S/C25H30N4O2/c1-29-17-23(20-11-13-26-14-12-20)25(28-29)21-7-3-19(4-8-21)16-27-24(30)15-18-5-9-22(31-2)10-6-18/h5-6,9-14,17,19,21H,3-4,7-8,15-16H2,1-2H3,(H,27,30). The number of nitrogens with zero attached hydrogens (tertiary/aromatic N) is 3. The molecule has 0 bridgehead atoms. The molecule has 0 atom stereocenters. The number of carbonyl (C=O) groups is 1. The average molecular weight is 419 g/mol. The van der Waals surface area contributed by atoms with Crippen molar-refractivity contribution in [2.45, 2.75) is 38.0 Å². The normalized spacial score (nSPS) is 18.5. The predicted octanol–water partition coefficient (Wildman–Crippen LogP) is 4.12. The average Bonchev–Trinajstić information content (AvgIpc) is 3.21. The smallest absolute Gasteiger partial charge is 0.224 e. The first-order valence-electron chi connectivity index (χ1n) is 11.0. The van der Waals surface area contributed by atoms with Crippen molar-refractivity contribution in [3.63, 3.8) is 0 Å². The number of amides is 1. The van der Waals surface area contributed by atoms with Gasteiger partial charge in [-0.1, -0.05) is 12.1 Å². The Bertz CT molecular complexity index is 990. The SMILES string of the molecule is COc1ccc(CC(=O)NCC2CCC(c3nn(C)cc3-c3ccncc3)CC2)cc1. The molecule has 6 heteroatoms. The van der Waals surface area contributed by atoms with E-state index < -0.39 is 0 Å². The molecule has 3 aromatic rings. The van der Waals surface area contributed by atoms with Crippen LogP contribution in [0.5, 0.6) is 5.75 Å². The zero-order valence-corrected chi connectivity index (χ0v) is 18.3. The Balaban J connectivity index is 1.28. The van der Waals surface area contributed by atoms with E-state index in [9.17, 15) is 4.79 Å². The van der Waals surface area contributed by atoms with Crippen LogP contribution in [-0.4, -0.2) is 34.3 Å². The molecule has 0 saturated heterocycles. The van der Waals surface area contributed by atoms with E-state index in [0.717, 1.165) is 43.5 Å². The fourth-order valence-corrected chi connectivity index (χ4v) is 4.45. The summed E-state index contributed by atoms with van der Waals surface area (Å²) in [5.41, 5.74) is 4.57. The fourth-order valence-electron chi connectivity index (χ4n) is 4.45. The number of hydrogen-bond donors (Lipinski definition) is 1. The summed E-state index contributed by atoms with van der Waals surface area (Å²) in [4.78, 5) is 16.5. The highest BCUT2D eigenvalue weighted by Gasteiger charge is 2.26. The number of methoxy groups -OCH3 is 1. The Morgan fingerprint density at radius 2 is 1.81 bits per heavy atom. The molecule has 4 rings (SSSR count). The maximum atomic E-state index is 12.3. The molecule has 1 fully saturated rings. The van der Waals surface area contributed by atoms with Crippen LogP contribution >= 0.6 is 0 Å². The Kier molecular flexibility index (Phi) is 6.65. The number of carbonyl (C=O) groups excluding carboxylic acids is 1. The van der Waals surface area contributed by atoms with E-state index in [0.29, 0.717) is 18.3 Å². The Hall–Kier alpha value is -3.15. The lowest BCUT2D eigenvalue weighted by Crippen LogP contribution is -2.32. The molecule has 1 aliphatic carbocycles. The van der Waals surface area contributed by atoms with Crippen molar-refractivity contribution in [1.82, 2.24) is 20.1 Å². The van der Waals surface area contributed by atoms with Crippen molar-refractivity contribution in [3.8, 4) is 16.9 Å². The number of hydrogen-bond acceptors (Lipinski definition) is 4. The van der Waals surface area contributed by atoms with Crippen molar-refractivity contribution in [2.24, 2.45) is 13.0 Å². The summed E-state index contributed by atoms with van der Waals surface area (Å²) in [6, 6.07) is 11.8. The van der Waals surface area contributed by atoms with Gasteiger partial charge < -0.3 is 10.1 Å². The third kappa shape index (κ3) is 5.32. The summed E-state index contributed by atoms with van der Waals surface area (Å²) < 4.78 is 7.08. The molecule has 0 spiro atoms. The van der Waals surface area contributed by atoms with Gasteiger partial charge >= 0.3 is 0 Å². The van der Waals surface area contributed by atoms with Crippen LogP contribution < -0.4 is 10.1 Å². The van der Waals surface area contributed by atoms with Gasteiger partial charge in [-0.3, -0.25) is 14.5 Å². The summed E-state index contributed by atoms with van der Waals surface area (Å²) in [7, 11) is 3.63. The molecule has 1 amide bonds. The topological polar surface area (TPSA) is 69.0 Å². The minimum atomic E-state index is 0.0805. The molecule has 162 valence electrons. The van der Waals surface area contributed by atoms with Crippen LogP contribution in [0.15, 0.2) is 55.0 Å². The monoisotopic (exact) mass is 418 g/mol. The van der Waals surface area contributed by atoms with E-state index in [1.54, 1.807) is 7.11 Å². The van der Waals surface area contributed by atoms with Gasteiger partial charge in [-0.25, -0.2) is 0 Å². The molecule has 1 aliphatic rings. The lowest BCUT2D eigenvalue weighted by Gasteiger charge is -2.28. The number of nitrogens with one attached hydrogen (secondary N) is 1.